The average Bonchev–Trinajstić information content (AvgIpc) is 3.35. The fourth-order valence-corrected chi connectivity index (χ4v) is 3.71. The minimum atomic E-state index is -0.219. The van der Waals surface area contributed by atoms with E-state index in [-0.39, 0.29) is 24.4 Å². The summed E-state index contributed by atoms with van der Waals surface area (Å²) in [5.74, 6) is 0.386. The van der Waals surface area contributed by atoms with Gasteiger partial charge in [0.25, 0.3) is 5.56 Å². The normalized spacial score (nSPS) is 11.3. The molecule has 4 heterocycles. The van der Waals surface area contributed by atoms with E-state index in [1.54, 1.807) is 11.7 Å². The van der Waals surface area contributed by atoms with Gasteiger partial charge in [0.15, 0.2) is 5.65 Å². The smallest absolute Gasteiger partial charge is 0.264 e. The lowest BCUT2D eigenvalue weighted by Gasteiger charge is -2.09. The molecule has 1 aromatic carbocycles. The van der Waals surface area contributed by atoms with Crippen molar-refractivity contribution in [3.63, 3.8) is 0 Å². The number of anilines is 1. The van der Waals surface area contributed by atoms with Crippen molar-refractivity contribution >= 4 is 28.4 Å². The van der Waals surface area contributed by atoms with Gasteiger partial charge in [-0.2, -0.15) is 5.10 Å². The molecule has 9 heteroatoms. The summed E-state index contributed by atoms with van der Waals surface area (Å²) in [5.41, 5.74) is 3.70. The Kier molecular flexibility index (Phi) is 4.78. The third-order valence-corrected chi connectivity index (χ3v) is 5.37. The van der Waals surface area contributed by atoms with Crippen molar-refractivity contribution in [1.29, 1.82) is 0 Å². The maximum absolute atomic E-state index is 12.9. The Morgan fingerprint density at radius 2 is 1.94 bits per heavy atom. The van der Waals surface area contributed by atoms with Crippen molar-refractivity contribution in [1.82, 2.24) is 28.7 Å². The van der Waals surface area contributed by atoms with Crippen LogP contribution in [0, 0.1) is 6.92 Å². The largest absolute Gasteiger partial charge is 0.310 e. The van der Waals surface area contributed by atoms with Crippen LogP contribution in [0.25, 0.3) is 27.9 Å². The number of nitrogens with zero attached hydrogens (tertiary/aromatic N) is 6. The lowest BCUT2D eigenvalue weighted by Crippen LogP contribution is -2.24. The van der Waals surface area contributed by atoms with E-state index >= 15 is 0 Å². The first-order valence-electron chi connectivity index (χ1n) is 10.2. The molecule has 1 N–H and O–H groups in total. The Balaban J connectivity index is 1.43. The van der Waals surface area contributed by atoms with E-state index in [0.29, 0.717) is 22.5 Å². The number of hydrogen-bond donors (Lipinski definition) is 1. The van der Waals surface area contributed by atoms with Crippen LogP contribution in [0.3, 0.4) is 0 Å². The predicted octanol–water partition coefficient (Wildman–Crippen LogP) is 2.78. The van der Waals surface area contributed by atoms with Crippen LogP contribution >= 0.6 is 0 Å². The number of aromatic nitrogens is 6. The molecule has 5 aromatic rings. The first-order chi connectivity index (χ1) is 15.5. The number of pyridine rings is 1. The first-order valence-corrected chi connectivity index (χ1v) is 10.2. The van der Waals surface area contributed by atoms with Crippen LogP contribution in [0.5, 0.6) is 0 Å². The van der Waals surface area contributed by atoms with E-state index in [4.69, 9.17) is 4.98 Å². The summed E-state index contributed by atoms with van der Waals surface area (Å²) in [7, 11) is 1.73. The Hall–Kier alpha value is -4.27. The molecule has 0 aliphatic heterocycles. The van der Waals surface area contributed by atoms with E-state index in [9.17, 15) is 9.59 Å². The zero-order valence-corrected chi connectivity index (χ0v) is 17.7. The van der Waals surface area contributed by atoms with Gasteiger partial charge in [-0.05, 0) is 18.6 Å². The number of benzene rings is 1. The monoisotopic (exact) mass is 427 g/mol. The van der Waals surface area contributed by atoms with E-state index < -0.39 is 0 Å². The van der Waals surface area contributed by atoms with Crippen LogP contribution in [-0.2, 0) is 18.4 Å². The second kappa shape index (κ2) is 7.77. The molecular formula is C23H21N7O2. The molecule has 0 radical (unpaired) electrons. The van der Waals surface area contributed by atoms with Crippen molar-refractivity contribution in [2.45, 2.75) is 19.9 Å². The van der Waals surface area contributed by atoms with Gasteiger partial charge in [-0.15, -0.1) is 0 Å². The van der Waals surface area contributed by atoms with Crippen LogP contribution in [0.15, 0.2) is 66.0 Å². The number of carbonyl (C=O) groups excluding carboxylic acids is 1. The third-order valence-electron chi connectivity index (χ3n) is 5.37. The summed E-state index contributed by atoms with van der Waals surface area (Å²) in [6.07, 6.45) is 5.00. The maximum Gasteiger partial charge on any atom is 0.264 e. The molecule has 0 unspecified atom stereocenters. The van der Waals surface area contributed by atoms with Gasteiger partial charge < -0.3 is 5.32 Å². The van der Waals surface area contributed by atoms with E-state index in [0.717, 1.165) is 16.8 Å². The highest BCUT2D eigenvalue weighted by Gasteiger charge is 2.17. The number of fused-ring (bicyclic) bond motifs is 2. The Morgan fingerprint density at radius 1 is 1.12 bits per heavy atom. The molecule has 0 aliphatic rings. The van der Waals surface area contributed by atoms with Gasteiger partial charge in [0, 0.05) is 31.8 Å². The second-order valence-electron chi connectivity index (χ2n) is 7.66. The van der Waals surface area contributed by atoms with E-state index in [1.807, 2.05) is 60.0 Å². The molecule has 5 rings (SSSR count). The molecule has 160 valence electrons. The van der Waals surface area contributed by atoms with Crippen molar-refractivity contribution in [3.05, 3.63) is 77.1 Å². The predicted molar refractivity (Wildman–Crippen MR) is 121 cm³/mol. The molecule has 0 aliphatic carbocycles. The number of imidazole rings is 1. The number of nitrogens with one attached hydrogen (secondary N) is 1. The number of aryl methyl sites for hydroxylation is 3. The molecule has 9 nitrogen and oxygen atoms in total. The van der Waals surface area contributed by atoms with Gasteiger partial charge >= 0.3 is 0 Å². The summed E-state index contributed by atoms with van der Waals surface area (Å²) in [6, 6.07) is 13.6. The summed E-state index contributed by atoms with van der Waals surface area (Å²) in [6.45, 7) is 2.19. The molecule has 0 spiro atoms. The van der Waals surface area contributed by atoms with E-state index in [1.165, 1.54) is 17.1 Å². The first kappa shape index (κ1) is 19.7. The molecule has 0 saturated heterocycles. The SMILES string of the molecule is Cc1ccc2nc(-c3ccccc3)c(NC(=O)CCn3cnc4c(cnn4C)c3=O)n2c1. The highest BCUT2D eigenvalue weighted by Crippen LogP contribution is 2.29. The third kappa shape index (κ3) is 3.43. The van der Waals surface area contributed by atoms with Crippen molar-refractivity contribution in [3.8, 4) is 11.3 Å². The zero-order valence-electron chi connectivity index (χ0n) is 17.7. The topological polar surface area (TPSA) is 99.1 Å². The summed E-state index contributed by atoms with van der Waals surface area (Å²) >= 11 is 0. The van der Waals surface area contributed by atoms with Crippen molar-refractivity contribution in [2.24, 2.45) is 7.05 Å². The van der Waals surface area contributed by atoms with Crippen LogP contribution < -0.4 is 10.9 Å². The number of carbonyl (C=O) groups is 1. The van der Waals surface area contributed by atoms with Gasteiger partial charge in [-0.25, -0.2) is 9.97 Å². The minimum absolute atomic E-state index is 0.112. The highest BCUT2D eigenvalue weighted by molar-refractivity contribution is 5.94. The van der Waals surface area contributed by atoms with Gasteiger partial charge in [0.1, 0.15) is 22.5 Å². The van der Waals surface area contributed by atoms with Gasteiger partial charge in [0.05, 0.1) is 12.5 Å². The number of rotatable bonds is 5. The van der Waals surface area contributed by atoms with Crippen molar-refractivity contribution < 1.29 is 4.79 Å². The number of amides is 1. The fraction of sp³-hybridized carbons (Fsp3) is 0.174. The maximum atomic E-state index is 12.9. The van der Waals surface area contributed by atoms with Crippen LogP contribution in [-0.4, -0.2) is 34.6 Å². The standard InChI is InChI=1S/C23H21N7O2/c1-15-8-9-18-26-20(16-6-4-3-5-7-16)22(30(18)13-15)27-19(31)10-11-29-14-24-21-17(23(29)32)12-25-28(21)2/h3-9,12-14H,10-11H2,1-2H3,(H,27,31). The summed E-state index contributed by atoms with van der Waals surface area (Å²) in [5, 5.41) is 7.50. The lowest BCUT2D eigenvalue weighted by molar-refractivity contribution is -0.116. The second-order valence-corrected chi connectivity index (χ2v) is 7.66. The van der Waals surface area contributed by atoms with Gasteiger partial charge in [0.2, 0.25) is 5.91 Å². The Bertz CT molecular complexity index is 1510. The fourth-order valence-electron chi connectivity index (χ4n) is 3.71. The Labute approximate surface area is 183 Å². The minimum Gasteiger partial charge on any atom is -0.310 e. The van der Waals surface area contributed by atoms with Crippen molar-refractivity contribution in [2.75, 3.05) is 5.32 Å². The molecule has 0 atom stereocenters. The molecular weight excluding hydrogens is 406 g/mol. The van der Waals surface area contributed by atoms with Crippen LogP contribution in [0.4, 0.5) is 5.82 Å². The van der Waals surface area contributed by atoms with Crippen LogP contribution in [0.2, 0.25) is 0 Å². The molecule has 1 amide bonds. The highest BCUT2D eigenvalue weighted by atomic mass is 16.2. The zero-order chi connectivity index (χ0) is 22.2. The molecule has 0 saturated carbocycles. The summed E-state index contributed by atoms with van der Waals surface area (Å²) < 4.78 is 4.86. The molecule has 0 bridgehead atoms. The molecule has 32 heavy (non-hydrogen) atoms. The van der Waals surface area contributed by atoms with Gasteiger partial charge in [-0.1, -0.05) is 36.4 Å². The van der Waals surface area contributed by atoms with Gasteiger partial charge in [-0.3, -0.25) is 23.2 Å². The van der Waals surface area contributed by atoms with Crippen LogP contribution in [0.1, 0.15) is 12.0 Å². The summed E-state index contributed by atoms with van der Waals surface area (Å²) in [4.78, 5) is 34.5. The van der Waals surface area contributed by atoms with E-state index in [2.05, 4.69) is 15.4 Å². The lowest BCUT2D eigenvalue weighted by atomic mass is 10.1. The molecule has 0 fully saturated rings. The quantitative estimate of drug-likeness (QED) is 0.465. The Morgan fingerprint density at radius 3 is 2.75 bits per heavy atom. The number of hydrogen-bond acceptors (Lipinski definition) is 5. The molecule has 4 aromatic heterocycles. The average molecular weight is 427 g/mol.